The summed E-state index contributed by atoms with van der Waals surface area (Å²) < 4.78 is 16.4. The van der Waals surface area contributed by atoms with E-state index >= 15 is 4.39 Å². The molecule has 1 aromatic carbocycles. The maximum absolute atomic E-state index is 15.2. The number of piperidine rings is 2. The van der Waals surface area contributed by atoms with Crippen LogP contribution in [0.4, 0.5) is 9.52 Å². The van der Waals surface area contributed by atoms with Gasteiger partial charge in [-0.25, -0.2) is 9.37 Å². The molecule has 2 aliphatic heterocycles. The summed E-state index contributed by atoms with van der Waals surface area (Å²) in [6.45, 7) is 3.59. The fourth-order valence-electron chi connectivity index (χ4n) is 3.73. The first-order chi connectivity index (χ1) is 11.6. The number of aliphatic hydroxyl groups is 1. The second-order valence-corrected chi connectivity index (χ2v) is 8.12. The summed E-state index contributed by atoms with van der Waals surface area (Å²) in [6.07, 6.45) is 2.46. The minimum Gasteiger partial charge on any atom is -0.393 e. The van der Waals surface area contributed by atoms with Crippen LogP contribution in [0.15, 0.2) is 24.3 Å². The maximum atomic E-state index is 15.2. The van der Waals surface area contributed by atoms with Crippen LogP contribution in [0, 0.1) is 0 Å². The van der Waals surface area contributed by atoms with E-state index in [0.29, 0.717) is 19.4 Å². The average molecular weight is 349 g/mol. The summed E-state index contributed by atoms with van der Waals surface area (Å²) in [5.74, 6) is 0. The first-order valence-corrected chi connectivity index (χ1v) is 9.63. The molecule has 0 spiro atoms. The highest BCUT2D eigenvalue weighted by Gasteiger charge is 2.37. The van der Waals surface area contributed by atoms with Gasteiger partial charge in [0, 0.05) is 45.6 Å². The minimum absolute atomic E-state index is 0.197. The van der Waals surface area contributed by atoms with E-state index in [1.165, 1.54) is 4.70 Å². The molecule has 0 radical (unpaired) electrons. The highest BCUT2D eigenvalue weighted by Crippen LogP contribution is 2.34. The molecule has 1 aromatic heterocycles. The van der Waals surface area contributed by atoms with Gasteiger partial charge < -0.3 is 10.0 Å². The van der Waals surface area contributed by atoms with Gasteiger partial charge in [0.25, 0.3) is 0 Å². The van der Waals surface area contributed by atoms with Crippen molar-refractivity contribution in [1.82, 2.24) is 9.88 Å². The van der Waals surface area contributed by atoms with Crippen molar-refractivity contribution in [2.45, 2.75) is 37.5 Å². The number of alkyl halides is 1. The minimum atomic E-state index is -1.10. The Morgan fingerprint density at radius 2 is 1.88 bits per heavy atom. The summed E-state index contributed by atoms with van der Waals surface area (Å²) in [6, 6.07) is 8.15. The Bertz CT molecular complexity index is 657. The molecular formula is C18H24FN3OS. The summed E-state index contributed by atoms with van der Waals surface area (Å²) in [5.41, 5.74) is -0.0726. The zero-order valence-corrected chi connectivity index (χ0v) is 14.6. The van der Waals surface area contributed by atoms with Crippen LogP contribution in [0.1, 0.15) is 25.7 Å². The van der Waals surface area contributed by atoms with Crippen LogP contribution < -0.4 is 4.90 Å². The number of aromatic nitrogens is 1. The first-order valence-electron chi connectivity index (χ1n) is 8.81. The summed E-state index contributed by atoms with van der Waals surface area (Å²) in [7, 11) is 0. The van der Waals surface area contributed by atoms with Gasteiger partial charge in [-0.2, -0.15) is 0 Å². The van der Waals surface area contributed by atoms with Gasteiger partial charge in [0.05, 0.1) is 16.3 Å². The highest BCUT2D eigenvalue weighted by atomic mass is 32.1. The van der Waals surface area contributed by atoms with Crippen molar-refractivity contribution in [3.05, 3.63) is 24.3 Å². The van der Waals surface area contributed by atoms with Crippen molar-refractivity contribution in [1.29, 1.82) is 0 Å². The largest absolute Gasteiger partial charge is 0.393 e. The maximum Gasteiger partial charge on any atom is 0.186 e. The van der Waals surface area contributed by atoms with Gasteiger partial charge >= 0.3 is 0 Å². The van der Waals surface area contributed by atoms with Gasteiger partial charge in [0.15, 0.2) is 5.13 Å². The number of anilines is 1. The Labute approximate surface area is 145 Å². The number of fused-ring (bicyclic) bond motifs is 1. The van der Waals surface area contributed by atoms with E-state index in [2.05, 4.69) is 15.9 Å². The number of rotatable bonds is 3. The lowest BCUT2D eigenvalue weighted by atomic mass is 9.92. The molecule has 0 bridgehead atoms. The van der Waals surface area contributed by atoms with Crippen molar-refractivity contribution < 1.29 is 9.50 Å². The molecule has 0 unspecified atom stereocenters. The molecule has 2 aliphatic rings. The van der Waals surface area contributed by atoms with Crippen LogP contribution in [-0.4, -0.2) is 59.5 Å². The first kappa shape index (κ1) is 16.2. The van der Waals surface area contributed by atoms with Crippen LogP contribution in [0.2, 0.25) is 0 Å². The fraction of sp³-hybridized carbons (Fsp3) is 0.611. The van der Waals surface area contributed by atoms with E-state index in [1.807, 2.05) is 18.2 Å². The zero-order valence-electron chi connectivity index (χ0n) is 13.8. The third kappa shape index (κ3) is 3.41. The number of halogens is 1. The summed E-state index contributed by atoms with van der Waals surface area (Å²) in [4.78, 5) is 9.10. The number of nitrogens with zero attached hydrogens (tertiary/aromatic N) is 3. The SMILES string of the molecule is OC1CCN(CC2(F)CCN(c3nc4ccccc4s3)CC2)CC1. The second-order valence-electron chi connectivity index (χ2n) is 7.11. The Balaban J connectivity index is 1.37. The molecule has 0 saturated carbocycles. The summed E-state index contributed by atoms with van der Waals surface area (Å²) >= 11 is 1.69. The van der Waals surface area contributed by atoms with Crippen molar-refractivity contribution in [2.24, 2.45) is 0 Å². The normalized spacial score (nSPS) is 23.0. The predicted molar refractivity (Wildman–Crippen MR) is 96.6 cm³/mol. The molecule has 4 rings (SSSR count). The third-order valence-electron chi connectivity index (χ3n) is 5.28. The monoisotopic (exact) mass is 349 g/mol. The number of hydrogen-bond acceptors (Lipinski definition) is 5. The number of hydrogen-bond donors (Lipinski definition) is 1. The Hall–Kier alpha value is -1.24. The van der Waals surface area contributed by atoms with Crippen LogP contribution in [0.5, 0.6) is 0 Å². The molecule has 1 N–H and O–H groups in total. The van der Waals surface area contributed by atoms with E-state index < -0.39 is 5.67 Å². The lowest BCUT2D eigenvalue weighted by Gasteiger charge is -2.40. The van der Waals surface area contributed by atoms with Gasteiger partial charge in [0.1, 0.15) is 5.67 Å². The van der Waals surface area contributed by atoms with Gasteiger partial charge in [-0.15, -0.1) is 0 Å². The molecule has 0 amide bonds. The standard InChI is InChI=1S/C18H24FN3OS/c19-18(13-21-9-5-14(23)6-10-21)7-11-22(12-8-18)17-20-15-3-1-2-4-16(15)24-17/h1-4,14,23H,5-13H2. The Morgan fingerprint density at radius 3 is 2.58 bits per heavy atom. The molecule has 24 heavy (non-hydrogen) atoms. The summed E-state index contributed by atoms with van der Waals surface area (Å²) in [5, 5.41) is 10.6. The third-order valence-corrected chi connectivity index (χ3v) is 6.37. The van der Waals surface area contributed by atoms with Crippen LogP contribution >= 0.6 is 11.3 Å². The molecule has 6 heteroatoms. The van der Waals surface area contributed by atoms with Crippen molar-refractivity contribution in [3.8, 4) is 0 Å². The molecule has 2 saturated heterocycles. The van der Waals surface area contributed by atoms with Crippen molar-refractivity contribution in [3.63, 3.8) is 0 Å². The van der Waals surface area contributed by atoms with Gasteiger partial charge in [-0.3, -0.25) is 4.90 Å². The highest BCUT2D eigenvalue weighted by molar-refractivity contribution is 7.22. The number of likely N-dealkylation sites (tertiary alicyclic amines) is 1. The molecule has 0 aliphatic carbocycles. The van der Waals surface area contributed by atoms with Gasteiger partial charge in [0.2, 0.25) is 0 Å². The Morgan fingerprint density at radius 1 is 1.17 bits per heavy atom. The topological polar surface area (TPSA) is 39.6 Å². The van der Waals surface area contributed by atoms with Crippen LogP contribution in [0.25, 0.3) is 10.2 Å². The lowest BCUT2D eigenvalue weighted by molar-refractivity contribution is 0.0277. The smallest absolute Gasteiger partial charge is 0.186 e. The van der Waals surface area contributed by atoms with Gasteiger partial charge in [-0.05, 0) is 25.0 Å². The molecule has 3 heterocycles. The number of aliphatic hydroxyl groups excluding tert-OH is 1. The Kier molecular flexibility index (Phi) is 4.45. The number of benzene rings is 1. The van der Waals surface area contributed by atoms with E-state index in [-0.39, 0.29) is 6.10 Å². The molecule has 2 fully saturated rings. The van der Waals surface area contributed by atoms with E-state index in [0.717, 1.165) is 49.7 Å². The molecule has 4 nitrogen and oxygen atoms in total. The number of para-hydroxylation sites is 1. The van der Waals surface area contributed by atoms with Crippen molar-refractivity contribution >= 4 is 26.7 Å². The molecule has 130 valence electrons. The van der Waals surface area contributed by atoms with Crippen LogP contribution in [-0.2, 0) is 0 Å². The van der Waals surface area contributed by atoms with E-state index in [4.69, 9.17) is 4.98 Å². The predicted octanol–water partition coefficient (Wildman–Crippen LogP) is 3.06. The average Bonchev–Trinajstić information content (AvgIpc) is 3.01. The van der Waals surface area contributed by atoms with E-state index in [9.17, 15) is 5.11 Å². The molecular weight excluding hydrogens is 325 g/mol. The second kappa shape index (κ2) is 6.58. The quantitative estimate of drug-likeness (QED) is 0.924. The van der Waals surface area contributed by atoms with E-state index in [1.54, 1.807) is 11.3 Å². The molecule has 2 aromatic rings. The number of thiazole rings is 1. The fourth-order valence-corrected chi connectivity index (χ4v) is 4.75. The molecule has 0 atom stereocenters. The van der Waals surface area contributed by atoms with Crippen molar-refractivity contribution in [2.75, 3.05) is 37.6 Å². The van der Waals surface area contributed by atoms with Crippen LogP contribution in [0.3, 0.4) is 0 Å². The lowest BCUT2D eigenvalue weighted by Crippen LogP contribution is -2.50. The zero-order chi connectivity index (χ0) is 16.6. The van der Waals surface area contributed by atoms with Gasteiger partial charge in [-0.1, -0.05) is 23.5 Å².